The number of hydrogen-bond acceptors (Lipinski definition) is 6. The van der Waals surface area contributed by atoms with Crippen molar-refractivity contribution in [2.45, 2.75) is 13.8 Å². The molecule has 0 fully saturated rings. The molecule has 122 valence electrons. The van der Waals surface area contributed by atoms with Gasteiger partial charge in [-0.2, -0.15) is 0 Å². The molecule has 0 amide bonds. The van der Waals surface area contributed by atoms with E-state index in [0.29, 0.717) is 5.69 Å². The van der Waals surface area contributed by atoms with Crippen molar-refractivity contribution in [1.82, 2.24) is 4.98 Å². The van der Waals surface area contributed by atoms with Crippen LogP contribution in [0.5, 0.6) is 0 Å². The van der Waals surface area contributed by atoms with Gasteiger partial charge in [-0.1, -0.05) is 0 Å². The molecule has 0 radical (unpaired) electrons. The highest BCUT2D eigenvalue weighted by atomic mass is 16.5. The molecule has 0 spiro atoms. The van der Waals surface area contributed by atoms with E-state index in [1.165, 1.54) is 20.4 Å². The minimum Gasteiger partial charge on any atom is -0.464 e. The molecular weight excluding hydrogens is 300 g/mol. The largest absolute Gasteiger partial charge is 0.464 e. The fourth-order valence-electron chi connectivity index (χ4n) is 1.61. The summed E-state index contributed by atoms with van der Waals surface area (Å²) in [7, 11) is 2.61. The standard InChI is InChI=1S/C8H10NO3.C8H9NO2/c1-6-3-4-9(11)7(5-6)8(10)12-2;1-6-3-4-9-7(5-6)8(10)11-2/h3-5,11H,1-2H3;3-5H,1-2H3/q+1;. The zero-order chi connectivity index (χ0) is 17.4. The minimum absolute atomic E-state index is 0.123. The number of carbonyl (C=O) groups excluding carboxylic acids is 2. The van der Waals surface area contributed by atoms with Crippen molar-refractivity contribution in [2.24, 2.45) is 0 Å². The van der Waals surface area contributed by atoms with E-state index >= 15 is 0 Å². The molecule has 0 aliphatic heterocycles. The Morgan fingerprint density at radius 1 is 1.04 bits per heavy atom. The summed E-state index contributed by atoms with van der Waals surface area (Å²) in [4.78, 5) is 25.7. The van der Waals surface area contributed by atoms with Crippen LogP contribution in [0.15, 0.2) is 36.7 Å². The second kappa shape index (κ2) is 8.47. The summed E-state index contributed by atoms with van der Waals surface area (Å²) in [5, 5.41) is 9.15. The Hall–Kier alpha value is -2.96. The fourth-order valence-corrected chi connectivity index (χ4v) is 1.61. The van der Waals surface area contributed by atoms with Crippen LogP contribution < -0.4 is 4.73 Å². The molecule has 1 N–H and O–H groups in total. The Balaban J connectivity index is 0.000000231. The first-order chi connectivity index (χ1) is 10.9. The van der Waals surface area contributed by atoms with Crippen molar-refractivity contribution in [2.75, 3.05) is 14.2 Å². The van der Waals surface area contributed by atoms with Gasteiger partial charge in [0.2, 0.25) is 6.20 Å². The van der Waals surface area contributed by atoms with Crippen LogP contribution in [0.25, 0.3) is 0 Å². The summed E-state index contributed by atoms with van der Waals surface area (Å²) in [5.74, 6) is -0.949. The number of hydrogen-bond donors (Lipinski definition) is 1. The highest BCUT2D eigenvalue weighted by Gasteiger charge is 2.19. The predicted octanol–water partition coefficient (Wildman–Crippen LogP) is 1.48. The van der Waals surface area contributed by atoms with Gasteiger partial charge in [-0.05, 0) is 37.1 Å². The number of ether oxygens (including phenoxy) is 2. The molecule has 0 saturated heterocycles. The Bertz CT molecular complexity index is 701. The molecule has 0 atom stereocenters. The van der Waals surface area contributed by atoms with Crippen LogP contribution in [-0.4, -0.2) is 36.3 Å². The van der Waals surface area contributed by atoms with Gasteiger partial charge < -0.3 is 9.47 Å². The molecule has 2 aromatic rings. The van der Waals surface area contributed by atoms with E-state index in [9.17, 15) is 9.59 Å². The normalized spacial score (nSPS) is 9.39. The summed E-state index contributed by atoms with van der Waals surface area (Å²) >= 11 is 0. The minimum atomic E-state index is -0.554. The Morgan fingerprint density at radius 3 is 2.22 bits per heavy atom. The first kappa shape index (κ1) is 18.1. The molecule has 0 aliphatic carbocycles. The summed E-state index contributed by atoms with van der Waals surface area (Å²) in [6.07, 6.45) is 2.98. The van der Waals surface area contributed by atoms with Crippen molar-refractivity contribution < 1.29 is 29.0 Å². The van der Waals surface area contributed by atoms with Crippen LogP contribution in [0.2, 0.25) is 0 Å². The summed E-state index contributed by atoms with van der Waals surface area (Å²) in [6, 6.07) is 6.75. The van der Waals surface area contributed by atoms with Crippen molar-refractivity contribution >= 4 is 11.9 Å². The lowest BCUT2D eigenvalue weighted by atomic mass is 10.2. The lowest BCUT2D eigenvalue weighted by Crippen LogP contribution is -2.37. The molecule has 2 rings (SSSR count). The average molecular weight is 319 g/mol. The maximum atomic E-state index is 11.0. The van der Waals surface area contributed by atoms with Crippen molar-refractivity contribution in [1.29, 1.82) is 0 Å². The lowest BCUT2D eigenvalue weighted by molar-refractivity contribution is -0.906. The number of carbonyl (C=O) groups is 2. The Morgan fingerprint density at radius 2 is 1.65 bits per heavy atom. The third-order valence-corrected chi connectivity index (χ3v) is 2.79. The van der Waals surface area contributed by atoms with E-state index in [0.717, 1.165) is 15.9 Å². The van der Waals surface area contributed by atoms with Crippen LogP contribution in [0.4, 0.5) is 0 Å². The molecule has 0 unspecified atom stereocenters. The molecular formula is C16H19N2O5+. The zero-order valence-corrected chi connectivity index (χ0v) is 13.4. The third kappa shape index (κ3) is 5.39. The van der Waals surface area contributed by atoms with Crippen LogP contribution in [0.3, 0.4) is 0 Å². The summed E-state index contributed by atoms with van der Waals surface area (Å²) in [6.45, 7) is 3.72. The van der Waals surface area contributed by atoms with E-state index in [4.69, 9.17) is 5.21 Å². The number of methoxy groups -OCH3 is 2. The van der Waals surface area contributed by atoms with Crippen LogP contribution in [0, 0.1) is 13.8 Å². The van der Waals surface area contributed by atoms with Gasteiger partial charge in [0.15, 0.2) is 0 Å². The van der Waals surface area contributed by atoms with Gasteiger partial charge in [-0.3, -0.25) is 5.21 Å². The van der Waals surface area contributed by atoms with Gasteiger partial charge >= 0.3 is 17.6 Å². The van der Waals surface area contributed by atoms with E-state index in [1.54, 1.807) is 24.4 Å². The summed E-state index contributed by atoms with van der Waals surface area (Å²) < 4.78 is 9.68. The second-order valence-electron chi connectivity index (χ2n) is 4.64. The third-order valence-electron chi connectivity index (χ3n) is 2.79. The van der Waals surface area contributed by atoms with E-state index in [-0.39, 0.29) is 5.69 Å². The molecule has 0 saturated carbocycles. The van der Waals surface area contributed by atoms with E-state index in [2.05, 4.69) is 14.5 Å². The molecule has 0 bridgehead atoms. The van der Waals surface area contributed by atoms with Gasteiger partial charge in [-0.25, -0.2) is 14.6 Å². The van der Waals surface area contributed by atoms with E-state index < -0.39 is 11.9 Å². The number of aryl methyl sites for hydroxylation is 2. The zero-order valence-electron chi connectivity index (χ0n) is 13.4. The van der Waals surface area contributed by atoms with Gasteiger partial charge in [0, 0.05) is 23.1 Å². The Kier molecular flexibility index (Phi) is 6.67. The smallest absolute Gasteiger partial charge is 0.408 e. The first-order valence-corrected chi connectivity index (χ1v) is 6.70. The quantitative estimate of drug-likeness (QED) is 0.512. The first-order valence-electron chi connectivity index (χ1n) is 6.70. The topological polar surface area (TPSA) is 89.6 Å². The van der Waals surface area contributed by atoms with Crippen molar-refractivity contribution in [3.63, 3.8) is 0 Å². The maximum absolute atomic E-state index is 11.0. The monoisotopic (exact) mass is 319 g/mol. The molecule has 0 aliphatic rings. The van der Waals surface area contributed by atoms with E-state index in [1.807, 2.05) is 19.9 Å². The highest BCUT2D eigenvalue weighted by molar-refractivity contribution is 5.87. The molecule has 7 nitrogen and oxygen atoms in total. The average Bonchev–Trinajstić information content (AvgIpc) is 2.56. The number of esters is 2. The second-order valence-corrected chi connectivity index (χ2v) is 4.64. The maximum Gasteiger partial charge on any atom is 0.408 e. The molecule has 2 heterocycles. The fraction of sp³-hybridized carbons (Fsp3) is 0.250. The number of nitrogens with zero attached hydrogens (tertiary/aromatic N) is 2. The molecule has 0 aromatic carbocycles. The Labute approximate surface area is 134 Å². The molecule has 2 aromatic heterocycles. The summed E-state index contributed by atoms with van der Waals surface area (Å²) in [5.41, 5.74) is 2.37. The SMILES string of the molecule is COC(=O)c1cc(C)cc[n+]1O.COC(=O)c1cc(C)ccn1. The number of rotatable bonds is 2. The highest BCUT2D eigenvalue weighted by Crippen LogP contribution is 2.00. The van der Waals surface area contributed by atoms with Gasteiger partial charge in [0.1, 0.15) is 5.69 Å². The van der Waals surface area contributed by atoms with Crippen LogP contribution in [-0.2, 0) is 9.47 Å². The molecule has 7 heteroatoms. The number of pyridine rings is 2. The van der Waals surface area contributed by atoms with Crippen LogP contribution >= 0.6 is 0 Å². The van der Waals surface area contributed by atoms with Gasteiger partial charge in [-0.15, -0.1) is 0 Å². The number of aromatic nitrogens is 2. The lowest BCUT2D eigenvalue weighted by Gasteiger charge is -1.97. The van der Waals surface area contributed by atoms with Crippen molar-refractivity contribution in [3.8, 4) is 0 Å². The van der Waals surface area contributed by atoms with Gasteiger partial charge in [0.05, 0.1) is 14.2 Å². The van der Waals surface area contributed by atoms with Crippen molar-refractivity contribution in [3.05, 3.63) is 59.2 Å². The molecule has 23 heavy (non-hydrogen) atoms. The van der Waals surface area contributed by atoms with Gasteiger partial charge in [0.25, 0.3) is 0 Å². The predicted molar refractivity (Wildman–Crippen MR) is 80.2 cm³/mol. The van der Waals surface area contributed by atoms with Crippen LogP contribution in [0.1, 0.15) is 32.1 Å².